The number of aliphatic carboxylic acids is 1. The van der Waals surface area contributed by atoms with Crippen molar-refractivity contribution in [2.24, 2.45) is 22.2 Å². The molecule has 46 heavy (non-hydrogen) atoms. The standard InChI is InChI=1S/C29H35N7O3.C2HF3O2/c30-28(31)33-17-7-12-24(26(37)34-18-20-13-15-21(16-14-20)19-35-29(32)39)36-27(38)25(22-8-3-1-4-9-22)23-10-5-2-6-11-23;3-2(4,5)1(6)7/h1-6,8-11,13-16,24-25H,7,12,17-19H2,(H,34,37)(H,36,38)(H4,30,31,33)(H3,32,35,39);(H,6,7)/p-1/t24-;/m1./s1. The maximum atomic E-state index is 13.6. The summed E-state index contributed by atoms with van der Waals surface area (Å²) >= 11 is 0. The molecule has 0 aliphatic carbocycles. The number of alkyl halides is 3. The zero-order chi connectivity index (χ0) is 34.1. The lowest BCUT2D eigenvalue weighted by atomic mass is 9.90. The second-order valence-electron chi connectivity index (χ2n) is 9.80. The smallest absolute Gasteiger partial charge is 0.430 e. The fraction of sp³-hybridized carbons (Fsp3) is 0.258. The second-order valence-corrected chi connectivity index (χ2v) is 9.80. The molecule has 0 saturated heterocycles. The number of nitrogens with zero attached hydrogens (tertiary/aromatic N) is 1. The van der Waals surface area contributed by atoms with E-state index in [0.717, 1.165) is 22.3 Å². The fourth-order valence-electron chi connectivity index (χ4n) is 4.09. The van der Waals surface area contributed by atoms with Gasteiger partial charge in [0.25, 0.3) is 0 Å². The highest BCUT2D eigenvalue weighted by molar-refractivity contribution is 5.92. The molecule has 0 bridgehead atoms. The average molecular weight is 643 g/mol. The van der Waals surface area contributed by atoms with Gasteiger partial charge >= 0.3 is 12.2 Å². The van der Waals surface area contributed by atoms with Crippen molar-refractivity contribution in [1.82, 2.24) is 16.0 Å². The summed E-state index contributed by atoms with van der Waals surface area (Å²) in [6.07, 6.45) is -4.35. The van der Waals surface area contributed by atoms with Crippen molar-refractivity contribution >= 4 is 29.8 Å². The molecule has 15 heteroatoms. The first kappa shape index (κ1) is 36.6. The molecule has 0 aromatic heterocycles. The fourth-order valence-corrected chi connectivity index (χ4v) is 4.09. The van der Waals surface area contributed by atoms with Crippen molar-refractivity contribution in [1.29, 1.82) is 0 Å². The number of benzene rings is 3. The molecule has 3 aromatic rings. The summed E-state index contributed by atoms with van der Waals surface area (Å²) in [5, 5.41) is 17.2. The molecule has 0 saturated carbocycles. The lowest BCUT2D eigenvalue weighted by molar-refractivity contribution is -0.344. The Hall–Kier alpha value is -5.60. The SMILES string of the molecule is NC(=O)NCc1ccc(CNC(=O)[C@@H](CCCN=C(N)N)NC(=O)C(c2ccccc2)c2ccccc2)cc1.O=C([O-])C(F)(F)F. The van der Waals surface area contributed by atoms with Gasteiger partial charge < -0.3 is 43.1 Å². The molecule has 1 atom stereocenters. The second kappa shape index (κ2) is 18.3. The van der Waals surface area contributed by atoms with Crippen LogP contribution in [0.4, 0.5) is 18.0 Å². The van der Waals surface area contributed by atoms with Crippen LogP contribution in [-0.2, 0) is 27.5 Å². The maximum Gasteiger partial charge on any atom is 0.430 e. The number of urea groups is 1. The first-order chi connectivity index (χ1) is 21.8. The highest BCUT2D eigenvalue weighted by Crippen LogP contribution is 2.25. The molecule has 0 spiro atoms. The summed E-state index contributed by atoms with van der Waals surface area (Å²) in [7, 11) is 0. The van der Waals surface area contributed by atoms with Gasteiger partial charge in [0.2, 0.25) is 11.8 Å². The normalized spacial score (nSPS) is 11.3. The van der Waals surface area contributed by atoms with Gasteiger partial charge in [-0.25, -0.2) is 4.79 Å². The van der Waals surface area contributed by atoms with Crippen molar-refractivity contribution in [3.05, 3.63) is 107 Å². The highest BCUT2D eigenvalue weighted by Gasteiger charge is 2.29. The van der Waals surface area contributed by atoms with E-state index in [9.17, 15) is 27.6 Å². The molecule has 12 nitrogen and oxygen atoms in total. The first-order valence-corrected chi connectivity index (χ1v) is 13.9. The number of nitrogens with one attached hydrogen (secondary N) is 3. The number of amides is 4. The number of carboxylic acids is 1. The Bertz CT molecular complexity index is 1410. The molecule has 246 valence electrons. The Labute approximate surface area is 263 Å². The number of primary amides is 1. The molecule has 0 unspecified atom stereocenters. The van der Waals surface area contributed by atoms with E-state index in [0.29, 0.717) is 25.9 Å². The monoisotopic (exact) mass is 642 g/mol. The van der Waals surface area contributed by atoms with Crippen LogP contribution in [0.15, 0.2) is 89.9 Å². The predicted molar refractivity (Wildman–Crippen MR) is 162 cm³/mol. The van der Waals surface area contributed by atoms with Crippen molar-refractivity contribution < 1.29 is 37.5 Å². The van der Waals surface area contributed by atoms with Gasteiger partial charge in [-0.3, -0.25) is 14.6 Å². The Kier molecular flexibility index (Phi) is 14.5. The summed E-state index contributed by atoms with van der Waals surface area (Å²) in [6, 6.07) is 24.9. The van der Waals surface area contributed by atoms with E-state index in [4.69, 9.17) is 27.1 Å². The highest BCUT2D eigenvalue weighted by atomic mass is 19.4. The van der Waals surface area contributed by atoms with Crippen LogP contribution in [0.3, 0.4) is 0 Å². The van der Waals surface area contributed by atoms with Gasteiger partial charge in [-0.15, -0.1) is 0 Å². The largest absolute Gasteiger partial charge is 0.542 e. The van der Waals surface area contributed by atoms with E-state index in [1.807, 2.05) is 84.9 Å². The number of halogens is 3. The number of hydrogen-bond donors (Lipinski definition) is 6. The number of carbonyl (C=O) groups excluding carboxylic acids is 4. The lowest BCUT2D eigenvalue weighted by Gasteiger charge is -2.23. The maximum absolute atomic E-state index is 13.6. The number of guanidine groups is 1. The minimum atomic E-state index is -5.19. The summed E-state index contributed by atoms with van der Waals surface area (Å²) < 4.78 is 31.5. The van der Waals surface area contributed by atoms with Gasteiger partial charge in [-0.1, -0.05) is 84.9 Å². The van der Waals surface area contributed by atoms with Crippen LogP contribution >= 0.6 is 0 Å². The van der Waals surface area contributed by atoms with Gasteiger partial charge in [0.15, 0.2) is 5.96 Å². The zero-order valence-electron chi connectivity index (χ0n) is 24.6. The molecular formula is C31H35F3N7O5-. The number of aliphatic imine (C=N–C) groups is 1. The molecule has 3 rings (SSSR count). The Morgan fingerprint density at radius 3 is 1.61 bits per heavy atom. The van der Waals surface area contributed by atoms with Crippen LogP contribution in [0.2, 0.25) is 0 Å². The van der Waals surface area contributed by atoms with Crippen molar-refractivity contribution in [2.75, 3.05) is 6.54 Å². The lowest BCUT2D eigenvalue weighted by Crippen LogP contribution is -2.48. The van der Waals surface area contributed by atoms with Crippen LogP contribution in [-0.4, -0.2) is 48.5 Å². The minimum absolute atomic E-state index is 0.0252. The average Bonchev–Trinajstić information content (AvgIpc) is 3.01. The van der Waals surface area contributed by atoms with E-state index in [1.54, 1.807) is 0 Å². The summed E-state index contributed by atoms with van der Waals surface area (Å²) in [6.45, 7) is 0.920. The predicted octanol–water partition coefficient (Wildman–Crippen LogP) is 1.14. The van der Waals surface area contributed by atoms with Crippen molar-refractivity contribution in [3.8, 4) is 0 Å². The van der Waals surface area contributed by atoms with Crippen LogP contribution in [0.25, 0.3) is 0 Å². The van der Waals surface area contributed by atoms with Crippen LogP contribution in [0, 0.1) is 0 Å². The molecule has 0 heterocycles. The zero-order valence-corrected chi connectivity index (χ0v) is 24.6. The molecular weight excluding hydrogens is 607 g/mol. The van der Waals surface area contributed by atoms with Gasteiger partial charge in [0, 0.05) is 19.6 Å². The quantitative estimate of drug-likeness (QED) is 0.0907. The first-order valence-electron chi connectivity index (χ1n) is 13.9. The Morgan fingerprint density at radius 1 is 0.739 bits per heavy atom. The number of nitrogens with two attached hydrogens (primary N) is 3. The van der Waals surface area contributed by atoms with E-state index in [2.05, 4.69) is 20.9 Å². The number of carbonyl (C=O) groups is 4. The van der Waals surface area contributed by atoms with Crippen molar-refractivity contribution in [2.45, 2.75) is 44.1 Å². The van der Waals surface area contributed by atoms with E-state index < -0.39 is 30.1 Å². The van der Waals surface area contributed by atoms with Crippen molar-refractivity contribution in [3.63, 3.8) is 0 Å². The third kappa shape index (κ3) is 13.4. The number of rotatable bonds is 13. The van der Waals surface area contributed by atoms with Crippen LogP contribution < -0.4 is 38.3 Å². The molecule has 0 fully saturated rings. The molecule has 0 aliphatic rings. The molecule has 9 N–H and O–H groups in total. The van der Waals surface area contributed by atoms with E-state index >= 15 is 0 Å². The third-order valence-electron chi connectivity index (χ3n) is 6.29. The summed E-state index contributed by atoms with van der Waals surface area (Å²) in [5.74, 6) is -4.20. The molecule has 0 aliphatic heterocycles. The Morgan fingerprint density at radius 2 is 1.20 bits per heavy atom. The molecule has 3 aromatic carbocycles. The Balaban J connectivity index is 0.000000942. The van der Waals surface area contributed by atoms with Gasteiger partial charge in [-0.2, -0.15) is 13.2 Å². The van der Waals surface area contributed by atoms with Crippen LogP contribution in [0.1, 0.15) is 41.0 Å². The van der Waals surface area contributed by atoms with Gasteiger partial charge in [0.05, 0.1) is 5.92 Å². The summed E-state index contributed by atoms with van der Waals surface area (Å²) in [5.41, 5.74) is 19.4. The minimum Gasteiger partial charge on any atom is -0.542 e. The molecule has 4 amide bonds. The molecule has 0 radical (unpaired) electrons. The van der Waals surface area contributed by atoms with Gasteiger partial charge in [-0.05, 0) is 35.1 Å². The van der Waals surface area contributed by atoms with E-state index in [1.165, 1.54) is 0 Å². The topological polar surface area (TPSA) is 218 Å². The van der Waals surface area contributed by atoms with Gasteiger partial charge in [0.1, 0.15) is 12.0 Å². The summed E-state index contributed by atoms with van der Waals surface area (Å²) in [4.78, 5) is 50.5. The van der Waals surface area contributed by atoms with Crippen LogP contribution in [0.5, 0.6) is 0 Å². The number of carboxylic acid groups (broad SMARTS) is 1. The third-order valence-corrected chi connectivity index (χ3v) is 6.29. The number of hydrogen-bond acceptors (Lipinski definition) is 6. The van der Waals surface area contributed by atoms with E-state index in [-0.39, 0.29) is 24.3 Å².